The molecule has 7 heteroatoms. The summed E-state index contributed by atoms with van der Waals surface area (Å²) in [5, 5.41) is 0. The zero-order valence-electron chi connectivity index (χ0n) is 15.1. The summed E-state index contributed by atoms with van der Waals surface area (Å²) >= 11 is 3.42. The van der Waals surface area contributed by atoms with Crippen LogP contribution in [0.25, 0.3) is 0 Å². The maximum atomic E-state index is 14.0. The molecule has 0 aliphatic carbocycles. The van der Waals surface area contributed by atoms with Gasteiger partial charge in [0.2, 0.25) is 11.8 Å². The van der Waals surface area contributed by atoms with Gasteiger partial charge in [0.15, 0.2) is 0 Å². The van der Waals surface area contributed by atoms with Crippen LogP contribution in [0.1, 0.15) is 12.0 Å². The SMILES string of the molecule is COc1ccc(Br)cc1CN(C)C(=O)C1CC(=O)N(c2ccccc2F)C1. The molecule has 1 fully saturated rings. The van der Waals surface area contributed by atoms with E-state index in [1.807, 2.05) is 18.2 Å². The molecule has 0 bridgehead atoms. The molecule has 1 saturated heterocycles. The third kappa shape index (κ3) is 4.13. The van der Waals surface area contributed by atoms with Crippen LogP contribution < -0.4 is 9.64 Å². The van der Waals surface area contributed by atoms with Gasteiger partial charge in [-0.3, -0.25) is 9.59 Å². The maximum absolute atomic E-state index is 14.0. The Hall–Kier alpha value is -2.41. The van der Waals surface area contributed by atoms with Gasteiger partial charge in [0.1, 0.15) is 11.6 Å². The number of halogens is 2. The van der Waals surface area contributed by atoms with Gasteiger partial charge in [0, 0.05) is 36.6 Å². The van der Waals surface area contributed by atoms with E-state index in [1.54, 1.807) is 37.3 Å². The normalized spacial score (nSPS) is 16.5. The maximum Gasteiger partial charge on any atom is 0.228 e. The Morgan fingerprint density at radius 3 is 2.78 bits per heavy atom. The van der Waals surface area contributed by atoms with E-state index >= 15 is 0 Å². The number of rotatable bonds is 5. The van der Waals surface area contributed by atoms with Crippen LogP contribution in [0.4, 0.5) is 10.1 Å². The Bertz CT molecular complexity index is 874. The second-order valence-electron chi connectivity index (χ2n) is 6.51. The zero-order valence-corrected chi connectivity index (χ0v) is 16.7. The number of anilines is 1. The lowest BCUT2D eigenvalue weighted by molar-refractivity contribution is -0.135. The molecule has 0 radical (unpaired) electrons. The van der Waals surface area contributed by atoms with Crippen LogP contribution in [0.3, 0.4) is 0 Å². The first-order valence-corrected chi connectivity index (χ1v) is 9.32. The van der Waals surface area contributed by atoms with Crippen molar-refractivity contribution >= 4 is 33.4 Å². The highest BCUT2D eigenvalue weighted by atomic mass is 79.9. The van der Waals surface area contributed by atoms with Crippen molar-refractivity contribution in [2.24, 2.45) is 5.92 Å². The molecule has 2 aromatic rings. The Kier molecular flexibility index (Phi) is 5.79. The number of ether oxygens (including phenoxy) is 1. The average Bonchev–Trinajstić information content (AvgIpc) is 3.03. The molecule has 1 aliphatic rings. The Morgan fingerprint density at radius 2 is 2.07 bits per heavy atom. The van der Waals surface area contributed by atoms with Crippen LogP contribution in [0, 0.1) is 11.7 Å². The van der Waals surface area contributed by atoms with E-state index in [1.165, 1.54) is 11.0 Å². The minimum atomic E-state index is -0.500. The molecule has 1 unspecified atom stereocenters. The van der Waals surface area contributed by atoms with Crippen molar-refractivity contribution in [2.45, 2.75) is 13.0 Å². The number of carbonyl (C=O) groups excluding carboxylic acids is 2. The zero-order chi connectivity index (χ0) is 19.6. The smallest absolute Gasteiger partial charge is 0.228 e. The van der Waals surface area contributed by atoms with Gasteiger partial charge in [-0.2, -0.15) is 0 Å². The molecule has 5 nitrogen and oxygen atoms in total. The van der Waals surface area contributed by atoms with Crippen LogP contribution in [-0.4, -0.2) is 37.4 Å². The Balaban J connectivity index is 1.72. The largest absolute Gasteiger partial charge is 0.496 e. The first-order chi connectivity index (χ1) is 12.9. The van der Waals surface area contributed by atoms with Gasteiger partial charge in [-0.05, 0) is 30.3 Å². The van der Waals surface area contributed by atoms with Gasteiger partial charge in [-0.15, -0.1) is 0 Å². The minimum absolute atomic E-state index is 0.0765. The highest BCUT2D eigenvalue weighted by Crippen LogP contribution is 2.29. The van der Waals surface area contributed by atoms with E-state index in [9.17, 15) is 14.0 Å². The first-order valence-electron chi connectivity index (χ1n) is 8.53. The number of hydrogen-bond acceptors (Lipinski definition) is 3. The van der Waals surface area contributed by atoms with Crippen LogP contribution in [0.5, 0.6) is 5.75 Å². The number of carbonyl (C=O) groups is 2. The fourth-order valence-electron chi connectivity index (χ4n) is 3.29. The van der Waals surface area contributed by atoms with Gasteiger partial charge < -0.3 is 14.5 Å². The minimum Gasteiger partial charge on any atom is -0.496 e. The van der Waals surface area contributed by atoms with Crippen molar-refractivity contribution in [3.63, 3.8) is 0 Å². The quantitative estimate of drug-likeness (QED) is 0.721. The van der Waals surface area contributed by atoms with Crippen molar-refractivity contribution < 1.29 is 18.7 Å². The molecule has 1 atom stereocenters. The van der Waals surface area contributed by atoms with E-state index in [4.69, 9.17) is 4.74 Å². The summed E-state index contributed by atoms with van der Waals surface area (Å²) < 4.78 is 20.2. The Morgan fingerprint density at radius 1 is 1.33 bits per heavy atom. The van der Waals surface area contributed by atoms with Gasteiger partial charge in [0.25, 0.3) is 0 Å². The molecule has 27 heavy (non-hydrogen) atoms. The number of amides is 2. The number of benzene rings is 2. The molecule has 0 saturated carbocycles. The molecule has 3 rings (SSSR count). The van der Waals surface area contributed by atoms with E-state index in [2.05, 4.69) is 15.9 Å². The summed E-state index contributed by atoms with van der Waals surface area (Å²) in [6.45, 7) is 0.532. The second kappa shape index (κ2) is 8.08. The monoisotopic (exact) mass is 434 g/mol. The molecule has 2 aromatic carbocycles. The van der Waals surface area contributed by atoms with Gasteiger partial charge in [-0.25, -0.2) is 4.39 Å². The number of nitrogens with zero attached hydrogens (tertiary/aromatic N) is 2. The van der Waals surface area contributed by atoms with Crippen LogP contribution in [-0.2, 0) is 16.1 Å². The predicted molar refractivity (Wildman–Crippen MR) is 104 cm³/mol. The summed E-state index contributed by atoms with van der Waals surface area (Å²) in [6.07, 6.45) is 0.0765. The van der Waals surface area contributed by atoms with Crippen molar-refractivity contribution in [1.82, 2.24) is 4.90 Å². The lowest BCUT2D eigenvalue weighted by Gasteiger charge is -2.22. The van der Waals surface area contributed by atoms with Gasteiger partial charge >= 0.3 is 0 Å². The number of para-hydroxylation sites is 1. The summed E-state index contributed by atoms with van der Waals surface area (Å²) in [5.74, 6) is -0.670. The summed E-state index contributed by atoms with van der Waals surface area (Å²) in [6, 6.07) is 11.7. The van der Waals surface area contributed by atoms with Crippen molar-refractivity contribution in [1.29, 1.82) is 0 Å². The number of hydrogen-bond donors (Lipinski definition) is 0. The second-order valence-corrected chi connectivity index (χ2v) is 7.42. The molecule has 0 N–H and O–H groups in total. The van der Waals surface area contributed by atoms with E-state index in [-0.39, 0.29) is 30.5 Å². The lowest BCUT2D eigenvalue weighted by Crippen LogP contribution is -2.34. The van der Waals surface area contributed by atoms with Crippen molar-refractivity contribution in [3.05, 3.63) is 58.3 Å². The number of methoxy groups -OCH3 is 1. The van der Waals surface area contributed by atoms with E-state index in [0.29, 0.717) is 12.3 Å². The fraction of sp³-hybridized carbons (Fsp3) is 0.300. The van der Waals surface area contributed by atoms with Crippen LogP contribution in [0.15, 0.2) is 46.9 Å². The molecular weight excluding hydrogens is 415 g/mol. The third-order valence-corrected chi connectivity index (χ3v) is 5.14. The van der Waals surface area contributed by atoms with E-state index < -0.39 is 11.7 Å². The molecule has 0 aromatic heterocycles. The molecule has 1 heterocycles. The molecular formula is C20H20BrFN2O3. The molecule has 1 aliphatic heterocycles. The Labute approximate surface area is 165 Å². The molecule has 0 spiro atoms. The summed E-state index contributed by atoms with van der Waals surface area (Å²) in [5.41, 5.74) is 1.08. The van der Waals surface area contributed by atoms with Crippen LogP contribution >= 0.6 is 15.9 Å². The summed E-state index contributed by atoms with van der Waals surface area (Å²) in [4.78, 5) is 28.1. The summed E-state index contributed by atoms with van der Waals surface area (Å²) in [7, 11) is 3.27. The van der Waals surface area contributed by atoms with Crippen molar-refractivity contribution in [2.75, 3.05) is 25.6 Å². The van der Waals surface area contributed by atoms with Gasteiger partial charge in [0.05, 0.1) is 18.7 Å². The average molecular weight is 435 g/mol. The standard InChI is InChI=1S/C20H20BrFN2O3/c1-23(11-13-9-15(21)7-8-18(13)27-2)20(26)14-10-19(25)24(12-14)17-6-4-3-5-16(17)22/h3-9,14H,10-12H2,1-2H3. The van der Waals surface area contributed by atoms with Crippen LogP contribution in [0.2, 0.25) is 0 Å². The van der Waals surface area contributed by atoms with E-state index in [0.717, 1.165) is 10.0 Å². The lowest BCUT2D eigenvalue weighted by atomic mass is 10.1. The highest BCUT2D eigenvalue weighted by Gasteiger charge is 2.37. The first kappa shape index (κ1) is 19.4. The molecule has 142 valence electrons. The third-order valence-electron chi connectivity index (χ3n) is 4.64. The van der Waals surface area contributed by atoms with Gasteiger partial charge in [-0.1, -0.05) is 28.1 Å². The topological polar surface area (TPSA) is 49.9 Å². The van der Waals surface area contributed by atoms with Crippen molar-refractivity contribution in [3.8, 4) is 5.75 Å². The molecule has 2 amide bonds. The highest BCUT2D eigenvalue weighted by molar-refractivity contribution is 9.10. The predicted octanol–water partition coefficient (Wildman–Crippen LogP) is 3.61. The fourth-order valence-corrected chi connectivity index (χ4v) is 3.70.